The molecule has 0 amide bonds. The molecule has 0 fully saturated rings. The van der Waals surface area contributed by atoms with E-state index in [9.17, 15) is 0 Å². The SMILES string of the molecule is CCC(C)(CC)c1ccc(C)c(C)c1. The molecule has 0 aliphatic heterocycles. The second-order valence-corrected chi connectivity index (χ2v) is 4.57. The summed E-state index contributed by atoms with van der Waals surface area (Å²) in [4.78, 5) is 0. The highest BCUT2D eigenvalue weighted by molar-refractivity contribution is 5.34. The molecule has 0 saturated carbocycles. The van der Waals surface area contributed by atoms with E-state index in [1.54, 1.807) is 0 Å². The third kappa shape index (κ3) is 2.00. The van der Waals surface area contributed by atoms with Gasteiger partial charge in [-0.3, -0.25) is 0 Å². The first-order chi connectivity index (χ1) is 6.53. The smallest absolute Gasteiger partial charge is 0.00804 e. The Morgan fingerprint density at radius 1 is 1.00 bits per heavy atom. The molecule has 0 heterocycles. The zero-order valence-electron chi connectivity index (χ0n) is 10.1. The van der Waals surface area contributed by atoms with E-state index in [-0.39, 0.29) is 0 Å². The molecule has 0 bridgehead atoms. The second-order valence-electron chi connectivity index (χ2n) is 4.57. The summed E-state index contributed by atoms with van der Waals surface area (Å²) in [6.45, 7) is 11.3. The fraction of sp³-hybridized carbons (Fsp3) is 0.571. The molecule has 0 radical (unpaired) electrons. The lowest BCUT2D eigenvalue weighted by molar-refractivity contribution is 0.438. The van der Waals surface area contributed by atoms with Gasteiger partial charge in [-0.25, -0.2) is 0 Å². The van der Waals surface area contributed by atoms with Crippen molar-refractivity contribution in [1.82, 2.24) is 0 Å². The second kappa shape index (κ2) is 4.16. The molecule has 0 spiro atoms. The van der Waals surface area contributed by atoms with Crippen LogP contribution in [0.1, 0.15) is 50.3 Å². The van der Waals surface area contributed by atoms with Crippen molar-refractivity contribution in [3.8, 4) is 0 Å². The van der Waals surface area contributed by atoms with Gasteiger partial charge in [-0.15, -0.1) is 0 Å². The van der Waals surface area contributed by atoms with Crippen molar-refractivity contribution in [2.45, 2.75) is 52.9 Å². The van der Waals surface area contributed by atoms with E-state index < -0.39 is 0 Å². The number of rotatable bonds is 3. The minimum absolute atomic E-state index is 0.360. The summed E-state index contributed by atoms with van der Waals surface area (Å²) in [5.74, 6) is 0. The van der Waals surface area contributed by atoms with Crippen LogP contribution < -0.4 is 0 Å². The molecule has 0 saturated heterocycles. The van der Waals surface area contributed by atoms with E-state index in [0.29, 0.717) is 5.41 Å². The summed E-state index contributed by atoms with van der Waals surface area (Å²) in [5.41, 5.74) is 4.66. The highest BCUT2D eigenvalue weighted by Crippen LogP contribution is 2.31. The van der Waals surface area contributed by atoms with Gasteiger partial charge in [0, 0.05) is 0 Å². The van der Waals surface area contributed by atoms with Gasteiger partial charge >= 0.3 is 0 Å². The molecule has 1 aromatic rings. The Balaban J connectivity index is 3.12. The molecule has 78 valence electrons. The summed E-state index contributed by atoms with van der Waals surface area (Å²) >= 11 is 0. The zero-order chi connectivity index (χ0) is 10.8. The van der Waals surface area contributed by atoms with Gasteiger partial charge in [0.15, 0.2) is 0 Å². The number of aryl methyl sites for hydroxylation is 2. The van der Waals surface area contributed by atoms with Crippen LogP contribution in [0.2, 0.25) is 0 Å². The standard InChI is InChI=1S/C14H22/c1-6-14(5,7-2)13-9-8-11(3)12(4)10-13/h8-10H,6-7H2,1-5H3. The van der Waals surface area contributed by atoms with E-state index in [1.807, 2.05) is 0 Å². The predicted octanol–water partition coefficient (Wildman–Crippen LogP) is 4.38. The fourth-order valence-electron chi connectivity index (χ4n) is 1.78. The average molecular weight is 190 g/mol. The number of hydrogen-bond acceptors (Lipinski definition) is 0. The van der Waals surface area contributed by atoms with Crippen LogP contribution >= 0.6 is 0 Å². The van der Waals surface area contributed by atoms with Gasteiger partial charge in [0.05, 0.1) is 0 Å². The molecular formula is C14H22. The molecule has 0 atom stereocenters. The van der Waals surface area contributed by atoms with Crippen LogP contribution in [0.4, 0.5) is 0 Å². The van der Waals surface area contributed by atoms with Gasteiger partial charge in [-0.05, 0) is 48.8 Å². The molecule has 1 aromatic carbocycles. The Hall–Kier alpha value is -0.780. The van der Waals surface area contributed by atoms with Crippen LogP contribution in [0, 0.1) is 13.8 Å². The van der Waals surface area contributed by atoms with Crippen molar-refractivity contribution in [2.75, 3.05) is 0 Å². The lowest BCUT2D eigenvalue weighted by Crippen LogP contribution is -2.19. The first kappa shape index (κ1) is 11.3. The topological polar surface area (TPSA) is 0 Å². The van der Waals surface area contributed by atoms with Crippen LogP contribution in [0.3, 0.4) is 0 Å². The molecule has 0 N–H and O–H groups in total. The quantitative estimate of drug-likeness (QED) is 0.663. The summed E-state index contributed by atoms with van der Waals surface area (Å²) in [6, 6.07) is 6.88. The summed E-state index contributed by atoms with van der Waals surface area (Å²) in [6.07, 6.45) is 2.43. The number of hydrogen-bond donors (Lipinski definition) is 0. The molecule has 0 aromatic heterocycles. The third-order valence-corrected chi connectivity index (χ3v) is 3.76. The summed E-state index contributed by atoms with van der Waals surface area (Å²) in [5, 5.41) is 0. The summed E-state index contributed by atoms with van der Waals surface area (Å²) in [7, 11) is 0. The monoisotopic (exact) mass is 190 g/mol. The molecule has 1 rings (SSSR count). The maximum absolute atomic E-state index is 2.36. The van der Waals surface area contributed by atoms with E-state index in [4.69, 9.17) is 0 Å². The van der Waals surface area contributed by atoms with Crippen molar-refractivity contribution in [2.24, 2.45) is 0 Å². The van der Waals surface area contributed by atoms with Gasteiger partial charge in [-0.1, -0.05) is 39.0 Å². The maximum atomic E-state index is 2.36. The first-order valence-corrected chi connectivity index (χ1v) is 5.61. The molecule has 0 aliphatic rings. The van der Waals surface area contributed by atoms with Crippen molar-refractivity contribution in [3.05, 3.63) is 34.9 Å². The van der Waals surface area contributed by atoms with E-state index >= 15 is 0 Å². The lowest BCUT2D eigenvalue weighted by atomic mass is 9.77. The molecule has 0 unspecified atom stereocenters. The number of benzene rings is 1. The van der Waals surface area contributed by atoms with Gasteiger partial charge in [-0.2, -0.15) is 0 Å². The van der Waals surface area contributed by atoms with Gasteiger partial charge in [0.1, 0.15) is 0 Å². The Bertz CT molecular complexity index is 306. The predicted molar refractivity (Wildman–Crippen MR) is 63.9 cm³/mol. The molecule has 14 heavy (non-hydrogen) atoms. The Morgan fingerprint density at radius 2 is 1.57 bits per heavy atom. The van der Waals surface area contributed by atoms with Crippen molar-refractivity contribution in [1.29, 1.82) is 0 Å². The van der Waals surface area contributed by atoms with Crippen LogP contribution in [0.25, 0.3) is 0 Å². The molecule has 0 heteroatoms. The van der Waals surface area contributed by atoms with Crippen molar-refractivity contribution < 1.29 is 0 Å². The highest BCUT2D eigenvalue weighted by atomic mass is 14.3. The van der Waals surface area contributed by atoms with Gasteiger partial charge in [0.25, 0.3) is 0 Å². The van der Waals surface area contributed by atoms with E-state index in [1.165, 1.54) is 29.5 Å². The zero-order valence-corrected chi connectivity index (χ0v) is 10.1. The minimum atomic E-state index is 0.360. The normalized spacial score (nSPS) is 11.8. The maximum Gasteiger partial charge on any atom is -0.00804 e. The minimum Gasteiger partial charge on any atom is -0.0645 e. The van der Waals surface area contributed by atoms with Gasteiger partial charge < -0.3 is 0 Å². The lowest BCUT2D eigenvalue weighted by Gasteiger charge is -2.28. The molecule has 0 aliphatic carbocycles. The third-order valence-electron chi connectivity index (χ3n) is 3.76. The van der Waals surface area contributed by atoms with Crippen molar-refractivity contribution >= 4 is 0 Å². The van der Waals surface area contributed by atoms with Crippen LogP contribution in [-0.4, -0.2) is 0 Å². The van der Waals surface area contributed by atoms with E-state index in [2.05, 4.69) is 52.8 Å². The average Bonchev–Trinajstić information content (AvgIpc) is 2.21. The van der Waals surface area contributed by atoms with Gasteiger partial charge in [0.2, 0.25) is 0 Å². The Morgan fingerprint density at radius 3 is 2.00 bits per heavy atom. The van der Waals surface area contributed by atoms with Crippen molar-refractivity contribution in [3.63, 3.8) is 0 Å². The molecule has 0 nitrogen and oxygen atoms in total. The van der Waals surface area contributed by atoms with Crippen LogP contribution in [0.5, 0.6) is 0 Å². The largest absolute Gasteiger partial charge is 0.0645 e. The molecular weight excluding hydrogens is 168 g/mol. The van der Waals surface area contributed by atoms with E-state index in [0.717, 1.165) is 0 Å². The highest BCUT2D eigenvalue weighted by Gasteiger charge is 2.22. The van der Waals surface area contributed by atoms with Crippen LogP contribution in [0.15, 0.2) is 18.2 Å². The first-order valence-electron chi connectivity index (χ1n) is 5.61. The fourth-order valence-corrected chi connectivity index (χ4v) is 1.78. The Labute approximate surface area is 88.4 Å². The van der Waals surface area contributed by atoms with Crippen LogP contribution in [-0.2, 0) is 5.41 Å². The summed E-state index contributed by atoms with van der Waals surface area (Å²) < 4.78 is 0. The Kier molecular flexibility index (Phi) is 3.36.